The van der Waals surface area contributed by atoms with Gasteiger partial charge in [0.05, 0.1) is 19.6 Å². The Morgan fingerprint density at radius 1 is 1.00 bits per heavy atom. The maximum absolute atomic E-state index is 12.1. The molecule has 1 aliphatic carbocycles. The molecule has 1 aliphatic rings. The molecule has 2 aromatic rings. The molecule has 0 radical (unpaired) electrons. The molecule has 0 saturated carbocycles. The van der Waals surface area contributed by atoms with Crippen LogP contribution in [0.4, 0.5) is 4.79 Å². The number of nitrogens with one attached hydrogen (secondary N) is 2. The Morgan fingerprint density at radius 3 is 2.25 bits per heavy atom. The van der Waals surface area contributed by atoms with Crippen LogP contribution in [0.3, 0.4) is 0 Å². The molecule has 170 valence electrons. The van der Waals surface area contributed by atoms with Crippen LogP contribution in [0.2, 0.25) is 0 Å². The van der Waals surface area contributed by atoms with Gasteiger partial charge < -0.3 is 25.2 Å². The number of carbonyl (C=O) groups is 3. The Labute approximate surface area is 186 Å². The van der Waals surface area contributed by atoms with Gasteiger partial charge in [0.1, 0.15) is 6.61 Å². The fourth-order valence-corrected chi connectivity index (χ4v) is 3.80. The van der Waals surface area contributed by atoms with E-state index in [0.717, 1.165) is 11.1 Å². The van der Waals surface area contributed by atoms with Crippen LogP contribution in [0.5, 0.6) is 0 Å². The van der Waals surface area contributed by atoms with E-state index >= 15 is 0 Å². The molecule has 0 bridgehead atoms. The first-order chi connectivity index (χ1) is 15.5. The summed E-state index contributed by atoms with van der Waals surface area (Å²) in [6, 6.07) is 15.8. The zero-order chi connectivity index (χ0) is 22.9. The first-order valence-electron chi connectivity index (χ1n) is 10.6. The molecule has 0 fully saturated rings. The number of rotatable bonds is 11. The Bertz CT molecular complexity index is 916. The number of carboxylic acids is 1. The van der Waals surface area contributed by atoms with Crippen molar-refractivity contribution in [3.8, 4) is 11.1 Å². The molecule has 1 atom stereocenters. The number of carboxylic acid groups (broad SMARTS) is 1. The van der Waals surface area contributed by atoms with Crippen molar-refractivity contribution in [1.82, 2.24) is 10.6 Å². The van der Waals surface area contributed by atoms with Gasteiger partial charge in [-0.15, -0.1) is 0 Å². The van der Waals surface area contributed by atoms with Gasteiger partial charge in [-0.25, -0.2) is 4.79 Å². The molecule has 1 unspecified atom stereocenters. The number of amides is 2. The van der Waals surface area contributed by atoms with Gasteiger partial charge in [0, 0.05) is 24.9 Å². The Balaban J connectivity index is 1.33. The van der Waals surface area contributed by atoms with E-state index in [0.29, 0.717) is 0 Å². The summed E-state index contributed by atoms with van der Waals surface area (Å²) in [5.41, 5.74) is 4.65. The molecule has 2 aromatic carbocycles. The number of benzene rings is 2. The minimum atomic E-state index is -0.964. The summed E-state index contributed by atoms with van der Waals surface area (Å²) in [6.45, 7) is 2.55. The highest BCUT2D eigenvalue weighted by atomic mass is 16.5. The Morgan fingerprint density at radius 2 is 1.62 bits per heavy atom. The number of ether oxygens (including phenoxy) is 2. The molecule has 8 nitrogen and oxygen atoms in total. The van der Waals surface area contributed by atoms with Crippen LogP contribution in [-0.2, 0) is 19.1 Å². The van der Waals surface area contributed by atoms with Gasteiger partial charge in [0.25, 0.3) is 0 Å². The van der Waals surface area contributed by atoms with E-state index < -0.39 is 18.1 Å². The number of aliphatic carboxylic acids is 1. The van der Waals surface area contributed by atoms with E-state index in [-0.39, 0.29) is 51.0 Å². The molecule has 3 rings (SSSR count). The normalized spacial score (nSPS) is 13.0. The second-order valence-corrected chi connectivity index (χ2v) is 7.68. The molecule has 3 N–H and O–H groups in total. The van der Waals surface area contributed by atoms with Gasteiger partial charge in [-0.1, -0.05) is 48.5 Å². The molecule has 0 saturated heterocycles. The van der Waals surface area contributed by atoms with Crippen LogP contribution in [0.15, 0.2) is 48.5 Å². The van der Waals surface area contributed by atoms with Crippen molar-refractivity contribution in [2.75, 3.05) is 26.4 Å². The first kappa shape index (κ1) is 23.3. The second kappa shape index (κ2) is 11.3. The lowest BCUT2D eigenvalue weighted by molar-refractivity contribution is -0.137. The lowest BCUT2D eigenvalue weighted by Crippen LogP contribution is -2.35. The fourth-order valence-electron chi connectivity index (χ4n) is 3.80. The quantitative estimate of drug-likeness (QED) is 0.463. The summed E-state index contributed by atoms with van der Waals surface area (Å²) < 4.78 is 10.8. The van der Waals surface area contributed by atoms with E-state index in [1.165, 1.54) is 11.1 Å². The topological polar surface area (TPSA) is 114 Å². The lowest BCUT2D eigenvalue weighted by Gasteiger charge is -2.14. The molecule has 0 spiro atoms. The summed E-state index contributed by atoms with van der Waals surface area (Å²) in [5.74, 6) is -1.23. The van der Waals surface area contributed by atoms with E-state index in [4.69, 9.17) is 14.6 Å². The maximum atomic E-state index is 12.1. The van der Waals surface area contributed by atoms with Crippen LogP contribution in [0.1, 0.15) is 36.8 Å². The van der Waals surface area contributed by atoms with Gasteiger partial charge in [-0.05, 0) is 29.2 Å². The molecular formula is C24H28N2O6. The van der Waals surface area contributed by atoms with Crippen molar-refractivity contribution in [3.63, 3.8) is 0 Å². The zero-order valence-corrected chi connectivity index (χ0v) is 18.0. The van der Waals surface area contributed by atoms with Crippen molar-refractivity contribution in [3.05, 3.63) is 59.7 Å². The number of hydrogen-bond acceptors (Lipinski definition) is 5. The number of fused-ring (bicyclic) bond motifs is 3. The predicted molar refractivity (Wildman–Crippen MR) is 118 cm³/mol. The predicted octanol–water partition coefficient (Wildman–Crippen LogP) is 2.91. The van der Waals surface area contributed by atoms with Gasteiger partial charge in [0.2, 0.25) is 5.91 Å². The fraction of sp³-hybridized carbons (Fsp3) is 0.375. The molecule has 32 heavy (non-hydrogen) atoms. The first-order valence-corrected chi connectivity index (χ1v) is 10.6. The third kappa shape index (κ3) is 6.31. The van der Waals surface area contributed by atoms with E-state index in [1.807, 2.05) is 24.3 Å². The lowest BCUT2D eigenvalue weighted by atomic mass is 9.98. The number of hydrogen-bond donors (Lipinski definition) is 3. The van der Waals surface area contributed by atoms with Crippen LogP contribution in [0.25, 0.3) is 11.1 Å². The summed E-state index contributed by atoms with van der Waals surface area (Å²) in [6.07, 6.45) is -0.526. The van der Waals surface area contributed by atoms with Crippen molar-refractivity contribution in [2.24, 2.45) is 0 Å². The Kier molecular flexibility index (Phi) is 8.21. The largest absolute Gasteiger partial charge is 0.481 e. The van der Waals surface area contributed by atoms with Gasteiger partial charge in [0.15, 0.2) is 0 Å². The van der Waals surface area contributed by atoms with Crippen molar-refractivity contribution in [1.29, 1.82) is 0 Å². The third-order valence-electron chi connectivity index (χ3n) is 5.22. The van der Waals surface area contributed by atoms with E-state index in [1.54, 1.807) is 6.92 Å². The number of carbonyl (C=O) groups excluding carboxylic acids is 2. The molecule has 0 aromatic heterocycles. The SMILES string of the molecule is CC(CC(=O)O)NC(=O)CCOCCNC(=O)OCC1c2ccccc2-c2ccccc21. The van der Waals surface area contributed by atoms with Gasteiger partial charge in [-0.3, -0.25) is 9.59 Å². The summed E-state index contributed by atoms with van der Waals surface area (Å²) in [4.78, 5) is 34.3. The Hall–Kier alpha value is -3.39. The van der Waals surface area contributed by atoms with Crippen molar-refractivity contribution in [2.45, 2.75) is 31.7 Å². The highest BCUT2D eigenvalue weighted by molar-refractivity contribution is 5.79. The average Bonchev–Trinajstić information content (AvgIpc) is 3.08. The van der Waals surface area contributed by atoms with Crippen molar-refractivity contribution >= 4 is 18.0 Å². The third-order valence-corrected chi connectivity index (χ3v) is 5.22. The minimum Gasteiger partial charge on any atom is -0.481 e. The highest BCUT2D eigenvalue weighted by Gasteiger charge is 2.28. The van der Waals surface area contributed by atoms with Crippen LogP contribution in [-0.4, -0.2) is 55.5 Å². The standard InChI is InChI=1S/C24H28N2O6/c1-16(14-23(28)29)26-22(27)10-12-31-13-11-25-24(30)32-15-21-19-8-4-2-6-17(19)18-7-3-5-9-20(18)21/h2-9,16,21H,10-15H2,1H3,(H,25,30)(H,26,27)(H,28,29). The minimum absolute atomic E-state index is 0.00595. The van der Waals surface area contributed by atoms with Crippen LogP contribution < -0.4 is 10.6 Å². The molecule has 8 heteroatoms. The smallest absolute Gasteiger partial charge is 0.407 e. The van der Waals surface area contributed by atoms with Gasteiger partial charge >= 0.3 is 12.1 Å². The molecule has 0 aliphatic heterocycles. The van der Waals surface area contributed by atoms with E-state index in [9.17, 15) is 14.4 Å². The van der Waals surface area contributed by atoms with Crippen LogP contribution >= 0.6 is 0 Å². The average molecular weight is 440 g/mol. The van der Waals surface area contributed by atoms with E-state index in [2.05, 4.69) is 34.9 Å². The maximum Gasteiger partial charge on any atom is 0.407 e. The highest BCUT2D eigenvalue weighted by Crippen LogP contribution is 2.44. The summed E-state index contributed by atoms with van der Waals surface area (Å²) >= 11 is 0. The van der Waals surface area contributed by atoms with Gasteiger partial charge in [-0.2, -0.15) is 0 Å². The molecule has 2 amide bonds. The zero-order valence-electron chi connectivity index (χ0n) is 18.0. The number of alkyl carbamates (subject to hydrolysis) is 1. The van der Waals surface area contributed by atoms with Crippen molar-refractivity contribution < 1.29 is 29.0 Å². The molecule has 0 heterocycles. The summed E-state index contributed by atoms with van der Waals surface area (Å²) in [7, 11) is 0. The second-order valence-electron chi connectivity index (χ2n) is 7.68. The molecular weight excluding hydrogens is 412 g/mol. The van der Waals surface area contributed by atoms with Crippen LogP contribution in [0, 0.1) is 0 Å². The summed E-state index contributed by atoms with van der Waals surface area (Å²) in [5, 5.41) is 13.9. The monoisotopic (exact) mass is 440 g/mol.